The van der Waals surface area contributed by atoms with E-state index in [0.717, 1.165) is 30.4 Å². The highest BCUT2D eigenvalue weighted by molar-refractivity contribution is 6.02. The molecule has 10 nitrogen and oxygen atoms in total. The molecule has 2 amide bonds. The molecule has 3 aromatic heterocycles. The first-order valence-corrected chi connectivity index (χ1v) is 9.91. The fourth-order valence-corrected chi connectivity index (χ4v) is 4.75. The van der Waals surface area contributed by atoms with Crippen LogP contribution in [0.3, 0.4) is 0 Å². The van der Waals surface area contributed by atoms with Crippen molar-refractivity contribution in [1.82, 2.24) is 24.3 Å². The minimum atomic E-state index is -0.915. The average Bonchev–Trinajstić information content (AvgIpc) is 3.36. The Labute approximate surface area is 172 Å². The van der Waals surface area contributed by atoms with Crippen LogP contribution >= 0.6 is 0 Å². The number of fused-ring (bicyclic) bond motifs is 1. The normalized spacial score (nSPS) is 19.9. The molecule has 1 unspecified atom stereocenters. The van der Waals surface area contributed by atoms with Crippen molar-refractivity contribution in [3.8, 4) is 11.1 Å². The number of nitrogens with zero attached hydrogens (tertiary/aromatic N) is 5. The predicted molar refractivity (Wildman–Crippen MR) is 109 cm³/mol. The Morgan fingerprint density at radius 1 is 1.23 bits per heavy atom. The van der Waals surface area contributed by atoms with Gasteiger partial charge in [-0.2, -0.15) is 10.2 Å². The van der Waals surface area contributed by atoms with Crippen LogP contribution in [0, 0.1) is 5.41 Å². The fraction of sp³-hybridized carbons (Fsp3) is 0.400. The number of carboxylic acid groups (broad SMARTS) is 1. The average molecular weight is 409 g/mol. The van der Waals surface area contributed by atoms with Crippen LogP contribution in [-0.4, -0.2) is 60.5 Å². The number of primary amides is 1. The van der Waals surface area contributed by atoms with Crippen molar-refractivity contribution in [2.24, 2.45) is 18.2 Å². The molecule has 4 N–H and O–H groups in total. The highest BCUT2D eigenvalue weighted by Gasteiger charge is 2.52. The van der Waals surface area contributed by atoms with Crippen LogP contribution in [0.15, 0.2) is 30.9 Å². The number of anilines is 1. The quantitative estimate of drug-likeness (QED) is 0.602. The minimum Gasteiger partial charge on any atom is -0.465 e. The van der Waals surface area contributed by atoms with Gasteiger partial charge in [-0.05, 0) is 18.9 Å². The summed E-state index contributed by atoms with van der Waals surface area (Å²) in [5.74, 6) is -0.577. The molecular weight excluding hydrogens is 386 g/mol. The van der Waals surface area contributed by atoms with Gasteiger partial charge in [0, 0.05) is 49.1 Å². The van der Waals surface area contributed by atoms with E-state index in [4.69, 9.17) is 5.73 Å². The largest absolute Gasteiger partial charge is 0.465 e. The van der Waals surface area contributed by atoms with Crippen LogP contribution < -0.4 is 11.1 Å². The second kappa shape index (κ2) is 6.48. The molecular formula is C20H23N7O3. The number of carbonyl (C=O) groups excluding carboxylic acids is 1. The molecule has 1 saturated heterocycles. The van der Waals surface area contributed by atoms with E-state index < -0.39 is 12.0 Å². The van der Waals surface area contributed by atoms with Gasteiger partial charge in [-0.1, -0.05) is 6.42 Å². The summed E-state index contributed by atoms with van der Waals surface area (Å²) < 4.78 is 3.42. The molecule has 2 fully saturated rings. The lowest BCUT2D eigenvalue weighted by atomic mass is 9.65. The van der Waals surface area contributed by atoms with Gasteiger partial charge in [-0.15, -0.1) is 0 Å². The number of carbonyl (C=O) groups is 2. The second-order valence-electron chi connectivity index (χ2n) is 8.33. The molecule has 1 aliphatic carbocycles. The molecule has 3 aromatic rings. The van der Waals surface area contributed by atoms with Crippen LogP contribution in [0.1, 0.15) is 29.6 Å². The van der Waals surface area contributed by atoms with Crippen molar-refractivity contribution in [3.05, 3.63) is 36.4 Å². The van der Waals surface area contributed by atoms with Crippen molar-refractivity contribution in [1.29, 1.82) is 0 Å². The fourth-order valence-electron chi connectivity index (χ4n) is 4.75. The van der Waals surface area contributed by atoms with E-state index in [9.17, 15) is 14.7 Å². The van der Waals surface area contributed by atoms with Gasteiger partial charge in [0.2, 0.25) is 0 Å². The topological polar surface area (TPSA) is 131 Å². The summed E-state index contributed by atoms with van der Waals surface area (Å²) in [5.41, 5.74) is 8.99. The van der Waals surface area contributed by atoms with E-state index in [1.54, 1.807) is 15.4 Å². The van der Waals surface area contributed by atoms with E-state index in [2.05, 4.69) is 15.5 Å². The zero-order valence-electron chi connectivity index (χ0n) is 16.6. The van der Waals surface area contributed by atoms with Crippen molar-refractivity contribution in [2.75, 3.05) is 18.4 Å². The van der Waals surface area contributed by atoms with Gasteiger partial charge in [0.15, 0.2) is 0 Å². The Bertz CT molecular complexity index is 1160. The third kappa shape index (κ3) is 2.78. The molecule has 1 spiro atoms. The monoisotopic (exact) mass is 409 g/mol. The van der Waals surface area contributed by atoms with Gasteiger partial charge in [0.25, 0.3) is 5.91 Å². The van der Waals surface area contributed by atoms with Crippen molar-refractivity contribution in [3.63, 3.8) is 0 Å². The number of aryl methyl sites for hydroxylation is 1. The summed E-state index contributed by atoms with van der Waals surface area (Å²) in [7, 11) is 1.85. The van der Waals surface area contributed by atoms with Crippen LogP contribution in [0.5, 0.6) is 0 Å². The summed E-state index contributed by atoms with van der Waals surface area (Å²) in [4.78, 5) is 25.2. The Morgan fingerprint density at radius 2 is 2.03 bits per heavy atom. The molecule has 0 aromatic carbocycles. The number of likely N-dealkylation sites (tertiary alicyclic amines) is 1. The van der Waals surface area contributed by atoms with Gasteiger partial charge in [0.05, 0.1) is 35.2 Å². The number of aromatic nitrogens is 4. The lowest BCUT2D eigenvalue weighted by Crippen LogP contribution is -2.45. The van der Waals surface area contributed by atoms with Crippen molar-refractivity contribution < 1.29 is 14.7 Å². The first kappa shape index (κ1) is 18.5. The Kier molecular flexibility index (Phi) is 3.99. The maximum Gasteiger partial charge on any atom is 0.407 e. The molecule has 0 radical (unpaired) electrons. The smallest absolute Gasteiger partial charge is 0.407 e. The summed E-state index contributed by atoms with van der Waals surface area (Å²) in [6.45, 7) is 0.882. The van der Waals surface area contributed by atoms with Crippen LogP contribution in [0.4, 0.5) is 10.5 Å². The van der Waals surface area contributed by atoms with Crippen LogP contribution in [-0.2, 0) is 7.05 Å². The molecule has 2 aliphatic rings. The number of hydrogen-bond donors (Lipinski definition) is 3. The minimum absolute atomic E-state index is 0.0941. The molecule has 10 heteroatoms. The van der Waals surface area contributed by atoms with E-state index in [0.29, 0.717) is 29.9 Å². The summed E-state index contributed by atoms with van der Waals surface area (Å²) >= 11 is 0. The molecule has 4 heterocycles. The molecule has 0 bridgehead atoms. The highest BCUT2D eigenvalue weighted by Crippen LogP contribution is 2.49. The van der Waals surface area contributed by atoms with Gasteiger partial charge in [0.1, 0.15) is 0 Å². The van der Waals surface area contributed by atoms with Crippen molar-refractivity contribution in [2.45, 2.75) is 25.3 Å². The summed E-state index contributed by atoms with van der Waals surface area (Å²) in [6, 6.07) is 1.85. The van der Waals surface area contributed by atoms with E-state index in [1.807, 2.05) is 25.5 Å². The SMILES string of the molecule is Cn1cc(-c2cc3c(NC4CN(C(=O)O)CC45CCC5)c(C(N)=O)cnn3c2)cn1. The zero-order valence-corrected chi connectivity index (χ0v) is 16.6. The second-order valence-corrected chi connectivity index (χ2v) is 8.33. The summed E-state index contributed by atoms with van der Waals surface area (Å²) in [6.07, 6.45) is 9.09. The standard InChI is InChI=1S/C20H23N7O3/c1-25-8-13(6-22-25)12-5-15-17(14(18(21)28)7-23-27(15)9-12)24-16-10-26(19(29)30)11-20(16)3-2-4-20/h5-9,16,24H,2-4,10-11H2,1H3,(H2,21,28)(H,29,30). The molecule has 1 aliphatic heterocycles. The van der Waals surface area contributed by atoms with Gasteiger partial charge < -0.3 is 21.1 Å². The first-order chi connectivity index (χ1) is 14.4. The Balaban J connectivity index is 1.58. The summed E-state index contributed by atoms with van der Waals surface area (Å²) in [5, 5.41) is 21.6. The molecule has 5 rings (SSSR count). The number of rotatable bonds is 4. The third-order valence-electron chi connectivity index (χ3n) is 6.53. The number of nitrogens with two attached hydrogens (primary N) is 1. The Hall–Kier alpha value is -3.56. The van der Waals surface area contributed by atoms with Gasteiger partial charge in [-0.3, -0.25) is 9.48 Å². The number of hydrogen-bond acceptors (Lipinski definition) is 5. The molecule has 1 saturated carbocycles. The first-order valence-electron chi connectivity index (χ1n) is 9.91. The lowest BCUT2D eigenvalue weighted by molar-refractivity contribution is 0.1000. The zero-order chi connectivity index (χ0) is 21.0. The van der Waals surface area contributed by atoms with E-state index >= 15 is 0 Å². The van der Waals surface area contributed by atoms with E-state index in [1.165, 1.54) is 11.1 Å². The third-order valence-corrected chi connectivity index (χ3v) is 6.53. The van der Waals surface area contributed by atoms with Crippen molar-refractivity contribution >= 4 is 23.2 Å². The number of amides is 2. The van der Waals surface area contributed by atoms with Gasteiger partial charge >= 0.3 is 6.09 Å². The van der Waals surface area contributed by atoms with Crippen LogP contribution in [0.25, 0.3) is 16.6 Å². The number of nitrogens with one attached hydrogen (secondary N) is 1. The molecule has 156 valence electrons. The molecule has 30 heavy (non-hydrogen) atoms. The molecule has 1 atom stereocenters. The predicted octanol–water partition coefficient (Wildman–Crippen LogP) is 1.78. The van der Waals surface area contributed by atoms with Gasteiger partial charge in [-0.25, -0.2) is 9.31 Å². The maximum absolute atomic E-state index is 12.2. The lowest BCUT2D eigenvalue weighted by Gasteiger charge is -2.43. The Morgan fingerprint density at radius 3 is 2.63 bits per heavy atom. The van der Waals surface area contributed by atoms with E-state index in [-0.39, 0.29) is 11.5 Å². The highest BCUT2D eigenvalue weighted by atomic mass is 16.4. The maximum atomic E-state index is 12.2. The van der Waals surface area contributed by atoms with Crippen LogP contribution in [0.2, 0.25) is 0 Å².